The summed E-state index contributed by atoms with van der Waals surface area (Å²) in [5.41, 5.74) is 8.76. The van der Waals surface area contributed by atoms with Crippen molar-refractivity contribution < 1.29 is 9.53 Å². The summed E-state index contributed by atoms with van der Waals surface area (Å²) in [4.78, 5) is 12.6. The number of carbonyl (C=O) groups excluding carboxylic acids is 1. The lowest BCUT2D eigenvalue weighted by molar-refractivity contribution is -0.121. The first-order valence-electron chi connectivity index (χ1n) is 9.35. The zero-order valence-electron chi connectivity index (χ0n) is 16.0. The molecular weight excluding hydrogens is 324 g/mol. The second-order valence-corrected chi connectivity index (χ2v) is 6.92. The number of benzene rings is 2. The third kappa shape index (κ3) is 5.80. The molecule has 0 aliphatic carbocycles. The summed E-state index contributed by atoms with van der Waals surface area (Å²) in [6.07, 6.45) is 1.92. The van der Waals surface area contributed by atoms with Gasteiger partial charge in [0.2, 0.25) is 5.91 Å². The number of aryl methyl sites for hydroxylation is 1. The third-order valence-electron chi connectivity index (χ3n) is 4.31. The van der Waals surface area contributed by atoms with E-state index in [4.69, 9.17) is 10.5 Å². The van der Waals surface area contributed by atoms with Gasteiger partial charge >= 0.3 is 0 Å². The first-order chi connectivity index (χ1) is 12.5. The van der Waals surface area contributed by atoms with E-state index in [1.54, 1.807) is 0 Å². The standard InChI is InChI=1S/C22H30N2O2/c1-4-26-21-12-8-6-10-18(21)20(15-16(2)3)24-22(25)14-13-17-9-5-7-11-19(17)23/h5-12,16,20H,4,13-15,23H2,1-3H3,(H,24,25). The third-order valence-corrected chi connectivity index (χ3v) is 4.31. The fourth-order valence-electron chi connectivity index (χ4n) is 3.07. The fourth-order valence-corrected chi connectivity index (χ4v) is 3.07. The predicted molar refractivity (Wildman–Crippen MR) is 107 cm³/mol. The van der Waals surface area contributed by atoms with Crippen molar-refractivity contribution in [3.05, 3.63) is 59.7 Å². The number of carbonyl (C=O) groups is 1. The average molecular weight is 354 g/mol. The van der Waals surface area contributed by atoms with Crippen LogP contribution in [0.4, 0.5) is 5.69 Å². The van der Waals surface area contributed by atoms with Gasteiger partial charge in [-0.25, -0.2) is 0 Å². The minimum Gasteiger partial charge on any atom is -0.494 e. The Morgan fingerprint density at radius 1 is 1.12 bits per heavy atom. The molecule has 4 heteroatoms. The first kappa shape index (κ1) is 19.8. The van der Waals surface area contributed by atoms with Crippen LogP contribution in [0.1, 0.15) is 50.8 Å². The van der Waals surface area contributed by atoms with E-state index in [1.807, 2.05) is 55.5 Å². The van der Waals surface area contributed by atoms with E-state index in [-0.39, 0.29) is 11.9 Å². The summed E-state index contributed by atoms with van der Waals surface area (Å²) in [6.45, 7) is 6.89. The molecule has 3 N–H and O–H groups in total. The van der Waals surface area contributed by atoms with Gasteiger partial charge in [0.25, 0.3) is 0 Å². The van der Waals surface area contributed by atoms with Crippen molar-refractivity contribution >= 4 is 11.6 Å². The quantitative estimate of drug-likeness (QED) is 0.652. The molecular formula is C22H30N2O2. The van der Waals surface area contributed by atoms with Gasteiger partial charge in [-0.05, 0) is 43.4 Å². The van der Waals surface area contributed by atoms with Gasteiger partial charge in [-0.1, -0.05) is 50.2 Å². The van der Waals surface area contributed by atoms with Crippen molar-refractivity contribution in [2.45, 2.75) is 46.1 Å². The summed E-state index contributed by atoms with van der Waals surface area (Å²) in [6, 6.07) is 15.6. The summed E-state index contributed by atoms with van der Waals surface area (Å²) in [5, 5.41) is 3.19. The Kier molecular flexibility index (Phi) is 7.52. The van der Waals surface area contributed by atoms with E-state index in [0.29, 0.717) is 25.4 Å². The van der Waals surface area contributed by atoms with Gasteiger partial charge in [-0.15, -0.1) is 0 Å². The van der Waals surface area contributed by atoms with Gasteiger partial charge in [-0.2, -0.15) is 0 Å². The molecule has 4 nitrogen and oxygen atoms in total. The normalized spacial score (nSPS) is 12.0. The van der Waals surface area contributed by atoms with Gasteiger partial charge in [0.05, 0.1) is 12.6 Å². The zero-order chi connectivity index (χ0) is 18.9. The molecule has 0 aliphatic rings. The lowest BCUT2D eigenvalue weighted by Crippen LogP contribution is -2.30. The summed E-state index contributed by atoms with van der Waals surface area (Å²) >= 11 is 0. The van der Waals surface area contributed by atoms with Gasteiger partial charge in [0, 0.05) is 17.7 Å². The molecule has 2 aromatic rings. The number of anilines is 1. The highest BCUT2D eigenvalue weighted by Crippen LogP contribution is 2.29. The van der Waals surface area contributed by atoms with Crippen molar-refractivity contribution in [2.75, 3.05) is 12.3 Å². The van der Waals surface area contributed by atoms with Crippen LogP contribution in [0.25, 0.3) is 0 Å². The van der Waals surface area contributed by atoms with Crippen LogP contribution in [0, 0.1) is 5.92 Å². The lowest BCUT2D eigenvalue weighted by Gasteiger charge is -2.23. The van der Waals surface area contributed by atoms with Crippen molar-refractivity contribution in [2.24, 2.45) is 5.92 Å². The fraction of sp³-hybridized carbons (Fsp3) is 0.409. The number of nitrogen functional groups attached to an aromatic ring is 1. The number of para-hydroxylation sites is 2. The van der Waals surface area contributed by atoms with E-state index < -0.39 is 0 Å². The van der Waals surface area contributed by atoms with Gasteiger partial charge in [-0.3, -0.25) is 4.79 Å². The Bertz CT molecular complexity index is 713. The zero-order valence-corrected chi connectivity index (χ0v) is 16.0. The number of hydrogen-bond donors (Lipinski definition) is 2. The van der Waals surface area contributed by atoms with Gasteiger partial charge in [0.15, 0.2) is 0 Å². The van der Waals surface area contributed by atoms with Crippen LogP contribution >= 0.6 is 0 Å². The maximum absolute atomic E-state index is 12.6. The predicted octanol–water partition coefficient (Wildman–Crippen LogP) is 4.50. The first-order valence-corrected chi connectivity index (χ1v) is 9.35. The molecule has 0 radical (unpaired) electrons. The molecule has 1 unspecified atom stereocenters. The number of nitrogens with two attached hydrogens (primary N) is 1. The van der Waals surface area contributed by atoms with Gasteiger partial charge < -0.3 is 15.8 Å². The SMILES string of the molecule is CCOc1ccccc1C(CC(C)C)NC(=O)CCc1ccccc1N. The molecule has 0 spiro atoms. The Labute approximate surface area is 156 Å². The highest BCUT2D eigenvalue weighted by atomic mass is 16.5. The smallest absolute Gasteiger partial charge is 0.220 e. The van der Waals surface area contributed by atoms with Crippen LogP contribution in [-0.4, -0.2) is 12.5 Å². The molecule has 0 aromatic heterocycles. The molecule has 1 amide bonds. The highest BCUT2D eigenvalue weighted by molar-refractivity contribution is 5.77. The molecule has 0 fully saturated rings. The molecule has 26 heavy (non-hydrogen) atoms. The second kappa shape index (κ2) is 9.85. The Morgan fingerprint density at radius 2 is 1.81 bits per heavy atom. The summed E-state index contributed by atoms with van der Waals surface area (Å²) in [5.74, 6) is 1.33. The second-order valence-electron chi connectivity index (χ2n) is 6.92. The molecule has 1 atom stereocenters. The van der Waals surface area contributed by atoms with Crippen LogP contribution in [0.3, 0.4) is 0 Å². The van der Waals surface area contributed by atoms with Crippen molar-refractivity contribution in [3.8, 4) is 5.75 Å². The van der Waals surface area contributed by atoms with Gasteiger partial charge in [0.1, 0.15) is 5.75 Å². The molecule has 2 aromatic carbocycles. The van der Waals surface area contributed by atoms with Crippen LogP contribution in [0.15, 0.2) is 48.5 Å². The van der Waals surface area contributed by atoms with E-state index in [9.17, 15) is 4.79 Å². The minimum atomic E-state index is -0.0571. The Morgan fingerprint density at radius 3 is 2.50 bits per heavy atom. The molecule has 0 aliphatic heterocycles. The Hall–Kier alpha value is -2.49. The number of hydrogen-bond acceptors (Lipinski definition) is 3. The molecule has 0 bridgehead atoms. The summed E-state index contributed by atoms with van der Waals surface area (Å²) in [7, 11) is 0. The van der Waals surface area contributed by atoms with Crippen molar-refractivity contribution in [1.82, 2.24) is 5.32 Å². The molecule has 0 saturated heterocycles. The van der Waals surface area contributed by atoms with Crippen molar-refractivity contribution in [3.63, 3.8) is 0 Å². The minimum absolute atomic E-state index is 0.0326. The largest absolute Gasteiger partial charge is 0.494 e. The number of nitrogens with one attached hydrogen (secondary N) is 1. The molecule has 0 saturated carbocycles. The van der Waals surface area contributed by atoms with Crippen LogP contribution in [0.5, 0.6) is 5.75 Å². The monoisotopic (exact) mass is 354 g/mol. The van der Waals surface area contributed by atoms with Crippen molar-refractivity contribution in [1.29, 1.82) is 0 Å². The molecule has 2 rings (SSSR count). The average Bonchev–Trinajstić information content (AvgIpc) is 2.61. The summed E-state index contributed by atoms with van der Waals surface area (Å²) < 4.78 is 5.76. The number of ether oxygens (including phenoxy) is 1. The lowest BCUT2D eigenvalue weighted by atomic mass is 9.96. The number of rotatable bonds is 9. The topological polar surface area (TPSA) is 64.3 Å². The maximum atomic E-state index is 12.6. The van der Waals surface area contributed by atoms with E-state index in [0.717, 1.165) is 29.0 Å². The molecule has 0 heterocycles. The van der Waals surface area contributed by atoms with E-state index in [2.05, 4.69) is 19.2 Å². The number of amides is 1. The maximum Gasteiger partial charge on any atom is 0.220 e. The van der Waals surface area contributed by atoms with E-state index >= 15 is 0 Å². The highest BCUT2D eigenvalue weighted by Gasteiger charge is 2.19. The van der Waals surface area contributed by atoms with Crippen LogP contribution in [-0.2, 0) is 11.2 Å². The molecule has 140 valence electrons. The van der Waals surface area contributed by atoms with Crippen LogP contribution in [0.2, 0.25) is 0 Å². The van der Waals surface area contributed by atoms with E-state index in [1.165, 1.54) is 0 Å². The van der Waals surface area contributed by atoms with Crippen LogP contribution < -0.4 is 15.8 Å². The Balaban J connectivity index is 2.08.